The molecule has 0 spiro atoms. The van der Waals surface area contributed by atoms with Crippen LogP contribution in [0.1, 0.15) is 47.1 Å². The molecule has 1 nitrogen and oxygen atoms in total. The lowest BCUT2D eigenvalue weighted by molar-refractivity contribution is -0.111. The molecule has 0 saturated heterocycles. The molecule has 0 aliphatic heterocycles. The highest BCUT2D eigenvalue weighted by Gasteiger charge is 2.50. The second-order valence-electron chi connectivity index (χ2n) is 7.21. The van der Waals surface area contributed by atoms with E-state index in [2.05, 4.69) is 72.4 Å². The smallest absolute Gasteiger partial charge is 0.120 e. The zero-order valence-electron chi connectivity index (χ0n) is 14.4. The van der Waals surface area contributed by atoms with Crippen LogP contribution < -0.4 is 4.74 Å². The van der Waals surface area contributed by atoms with Gasteiger partial charge in [-0.2, -0.15) is 0 Å². The van der Waals surface area contributed by atoms with Gasteiger partial charge in [0.2, 0.25) is 0 Å². The van der Waals surface area contributed by atoms with Crippen LogP contribution in [0.2, 0.25) is 0 Å². The minimum atomic E-state index is -0.110. The Bertz CT molecular complexity index is 471. The standard InChI is InChI=1S/C20H30O/c1-8-18-9-11-19(12-10-18)21-20(7)16(5)14(3)13(2)15(4)17(20)6/h8-17H,1H2,2-7H3. The fraction of sp³-hybridized carbons (Fsp3) is 0.600. The molecule has 0 amide bonds. The van der Waals surface area contributed by atoms with Crippen LogP contribution in [0, 0.1) is 29.6 Å². The van der Waals surface area contributed by atoms with E-state index in [-0.39, 0.29) is 5.60 Å². The second-order valence-corrected chi connectivity index (χ2v) is 7.21. The van der Waals surface area contributed by atoms with Crippen LogP contribution in [0.3, 0.4) is 0 Å². The average Bonchev–Trinajstić information content (AvgIpc) is 2.50. The molecule has 0 radical (unpaired) electrons. The maximum atomic E-state index is 6.52. The number of ether oxygens (including phenoxy) is 1. The van der Waals surface area contributed by atoms with Gasteiger partial charge in [0, 0.05) is 0 Å². The van der Waals surface area contributed by atoms with E-state index in [1.807, 2.05) is 6.08 Å². The fourth-order valence-electron chi connectivity index (χ4n) is 3.96. The molecule has 0 heterocycles. The van der Waals surface area contributed by atoms with Gasteiger partial charge in [0.1, 0.15) is 11.4 Å². The Morgan fingerprint density at radius 2 is 1.38 bits per heavy atom. The minimum absolute atomic E-state index is 0.110. The predicted molar refractivity (Wildman–Crippen MR) is 91.4 cm³/mol. The number of hydrogen-bond donors (Lipinski definition) is 0. The summed E-state index contributed by atoms with van der Waals surface area (Å²) in [6.07, 6.45) is 1.86. The van der Waals surface area contributed by atoms with Gasteiger partial charge < -0.3 is 4.74 Å². The molecule has 2 rings (SSSR count). The normalized spacial score (nSPS) is 39.8. The van der Waals surface area contributed by atoms with E-state index in [4.69, 9.17) is 4.74 Å². The maximum Gasteiger partial charge on any atom is 0.120 e. The Morgan fingerprint density at radius 3 is 1.81 bits per heavy atom. The third-order valence-corrected chi connectivity index (χ3v) is 6.50. The summed E-state index contributed by atoms with van der Waals surface area (Å²) in [7, 11) is 0. The Labute approximate surface area is 130 Å². The molecule has 21 heavy (non-hydrogen) atoms. The van der Waals surface area contributed by atoms with Gasteiger partial charge in [-0.1, -0.05) is 59.4 Å². The van der Waals surface area contributed by atoms with Crippen molar-refractivity contribution in [3.63, 3.8) is 0 Å². The van der Waals surface area contributed by atoms with Crippen LogP contribution in [0.5, 0.6) is 5.75 Å². The summed E-state index contributed by atoms with van der Waals surface area (Å²) in [6, 6.07) is 8.27. The maximum absolute atomic E-state index is 6.52. The van der Waals surface area contributed by atoms with Crippen LogP contribution in [0.15, 0.2) is 30.8 Å². The predicted octanol–water partition coefficient (Wildman–Crippen LogP) is 5.66. The highest BCUT2D eigenvalue weighted by atomic mass is 16.5. The molecule has 1 fully saturated rings. The lowest BCUT2D eigenvalue weighted by Gasteiger charge is -2.53. The van der Waals surface area contributed by atoms with E-state index in [0.29, 0.717) is 23.7 Å². The molecule has 1 aromatic carbocycles. The Balaban J connectivity index is 2.27. The van der Waals surface area contributed by atoms with Crippen LogP contribution in [-0.2, 0) is 0 Å². The van der Waals surface area contributed by atoms with Crippen molar-refractivity contribution in [1.29, 1.82) is 0 Å². The molecule has 1 aliphatic carbocycles. The summed E-state index contributed by atoms with van der Waals surface area (Å²) in [4.78, 5) is 0. The summed E-state index contributed by atoms with van der Waals surface area (Å²) >= 11 is 0. The van der Waals surface area contributed by atoms with Crippen molar-refractivity contribution >= 4 is 6.08 Å². The molecule has 1 saturated carbocycles. The van der Waals surface area contributed by atoms with Gasteiger partial charge in [0.15, 0.2) is 0 Å². The molecule has 0 aromatic heterocycles. The molecule has 1 heteroatoms. The SMILES string of the molecule is C=Cc1ccc(OC2(C)C(C)C(C)C(C)C(C)C2C)cc1. The topological polar surface area (TPSA) is 9.23 Å². The van der Waals surface area contributed by atoms with Gasteiger partial charge in [-0.05, 0) is 54.2 Å². The summed E-state index contributed by atoms with van der Waals surface area (Å²) in [5.41, 5.74) is 1.02. The Hall–Kier alpha value is -1.24. The van der Waals surface area contributed by atoms with Gasteiger partial charge in [-0.15, -0.1) is 0 Å². The lowest BCUT2D eigenvalue weighted by Crippen LogP contribution is -2.56. The van der Waals surface area contributed by atoms with Crippen LogP contribution >= 0.6 is 0 Å². The summed E-state index contributed by atoms with van der Waals surface area (Å²) in [5.74, 6) is 4.14. The zero-order chi connectivity index (χ0) is 15.8. The fourth-order valence-corrected chi connectivity index (χ4v) is 3.96. The summed E-state index contributed by atoms with van der Waals surface area (Å²) in [5, 5.41) is 0. The zero-order valence-corrected chi connectivity index (χ0v) is 14.4. The molecular weight excluding hydrogens is 256 g/mol. The molecular formula is C20H30O. The van der Waals surface area contributed by atoms with E-state index < -0.39 is 0 Å². The average molecular weight is 286 g/mol. The van der Waals surface area contributed by atoms with Crippen molar-refractivity contribution in [2.75, 3.05) is 0 Å². The van der Waals surface area contributed by atoms with Crippen molar-refractivity contribution in [1.82, 2.24) is 0 Å². The Morgan fingerprint density at radius 1 is 0.905 bits per heavy atom. The molecule has 116 valence electrons. The van der Waals surface area contributed by atoms with Crippen LogP contribution in [0.4, 0.5) is 0 Å². The first kappa shape index (κ1) is 16.1. The van der Waals surface area contributed by atoms with Gasteiger partial charge in [0.25, 0.3) is 0 Å². The van der Waals surface area contributed by atoms with Crippen molar-refractivity contribution < 1.29 is 4.74 Å². The minimum Gasteiger partial charge on any atom is -0.487 e. The van der Waals surface area contributed by atoms with Gasteiger partial charge in [-0.25, -0.2) is 0 Å². The van der Waals surface area contributed by atoms with Gasteiger partial charge >= 0.3 is 0 Å². The third kappa shape index (κ3) is 2.75. The molecule has 0 N–H and O–H groups in total. The van der Waals surface area contributed by atoms with Crippen LogP contribution in [0.25, 0.3) is 6.08 Å². The van der Waals surface area contributed by atoms with Gasteiger partial charge in [-0.3, -0.25) is 0 Å². The molecule has 1 aromatic rings. The van der Waals surface area contributed by atoms with Crippen LogP contribution in [-0.4, -0.2) is 5.60 Å². The highest BCUT2D eigenvalue weighted by Crippen LogP contribution is 2.49. The summed E-state index contributed by atoms with van der Waals surface area (Å²) in [6.45, 7) is 17.9. The molecule has 0 bridgehead atoms. The molecule has 4 atom stereocenters. The number of benzene rings is 1. The van der Waals surface area contributed by atoms with Crippen molar-refractivity contribution in [3.05, 3.63) is 36.4 Å². The largest absolute Gasteiger partial charge is 0.487 e. The van der Waals surface area contributed by atoms with E-state index in [1.54, 1.807) is 0 Å². The van der Waals surface area contributed by atoms with Crippen molar-refractivity contribution in [2.24, 2.45) is 29.6 Å². The highest BCUT2D eigenvalue weighted by molar-refractivity contribution is 5.48. The van der Waals surface area contributed by atoms with Gasteiger partial charge in [0.05, 0.1) is 0 Å². The first-order chi connectivity index (χ1) is 9.81. The first-order valence-electron chi connectivity index (χ1n) is 8.22. The van der Waals surface area contributed by atoms with E-state index in [9.17, 15) is 0 Å². The second kappa shape index (κ2) is 5.87. The first-order valence-corrected chi connectivity index (χ1v) is 8.22. The quantitative estimate of drug-likeness (QED) is 0.696. The van der Waals surface area contributed by atoms with E-state index in [0.717, 1.165) is 17.2 Å². The van der Waals surface area contributed by atoms with E-state index >= 15 is 0 Å². The number of hydrogen-bond acceptors (Lipinski definition) is 1. The van der Waals surface area contributed by atoms with Crippen molar-refractivity contribution in [2.45, 2.75) is 47.1 Å². The van der Waals surface area contributed by atoms with E-state index in [1.165, 1.54) is 0 Å². The summed E-state index contributed by atoms with van der Waals surface area (Å²) < 4.78 is 6.52. The third-order valence-electron chi connectivity index (χ3n) is 6.50. The monoisotopic (exact) mass is 286 g/mol. The molecule has 1 aliphatic rings. The molecule has 4 unspecified atom stereocenters. The Kier molecular flexibility index (Phi) is 4.51. The van der Waals surface area contributed by atoms with Crippen molar-refractivity contribution in [3.8, 4) is 5.75 Å². The lowest BCUT2D eigenvalue weighted by atomic mass is 9.57. The number of rotatable bonds is 3.